The average molecular weight is 466 g/mol. The molecular formula is C22H35N5O4S. The quantitative estimate of drug-likeness (QED) is 0.571. The zero-order valence-corrected chi connectivity index (χ0v) is 20.6. The number of imide groups is 1. The summed E-state index contributed by atoms with van der Waals surface area (Å²) < 4.78 is 10.8. The molecule has 1 aromatic carbocycles. The molecular weight excluding hydrogens is 430 g/mol. The lowest BCUT2D eigenvalue weighted by Crippen LogP contribution is -2.72. The molecule has 0 aromatic heterocycles. The molecule has 4 atom stereocenters. The highest BCUT2D eigenvalue weighted by molar-refractivity contribution is 7.99. The van der Waals surface area contributed by atoms with E-state index < -0.39 is 6.17 Å². The largest absolute Gasteiger partial charge is 0.493 e. The van der Waals surface area contributed by atoms with Gasteiger partial charge in [-0.15, -0.1) is 11.8 Å². The van der Waals surface area contributed by atoms with Gasteiger partial charge in [0.25, 0.3) is 0 Å². The van der Waals surface area contributed by atoms with Crippen LogP contribution in [0.5, 0.6) is 11.5 Å². The number of fused-ring (bicyclic) bond motifs is 1. The molecule has 0 aliphatic carbocycles. The third-order valence-electron chi connectivity index (χ3n) is 6.30. The summed E-state index contributed by atoms with van der Waals surface area (Å²) in [7, 11) is 6.50. The number of nitrogens with zero attached hydrogens (tertiary/aromatic N) is 3. The van der Waals surface area contributed by atoms with Crippen molar-refractivity contribution in [3.8, 4) is 11.5 Å². The number of carbonyl (C=O) groups excluding carboxylic acids is 2. The van der Waals surface area contributed by atoms with Crippen LogP contribution in [0.1, 0.15) is 25.6 Å². The van der Waals surface area contributed by atoms with E-state index in [0.717, 1.165) is 31.0 Å². The van der Waals surface area contributed by atoms with Crippen LogP contribution in [0.3, 0.4) is 0 Å². The van der Waals surface area contributed by atoms with E-state index in [1.807, 2.05) is 18.2 Å². The molecule has 2 heterocycles. The maximum absolute atomic E-state index is 13.1. The van der Waals surface area contributed by atoms with Crippen molar-refractivity contribution in [3.05, 3.63) is 23.8 Å². The smallest absolute Gasteiger partial charge is 0.327 e. The second-order valence-electron chi connectivity index (χ2n) is 7.96. The predicted octanol–water partition coefficient (Wildman–Crippen LogP) is 1.76. The average Bonchev–Trinajstić information content (AvgIpc) is 2.82. The second kappa shape index (κ2) is 10.7. The van der Waals surface area contributed by atoms with Crippen LogP contribution in [0.2, 0.25) is 0 Å². The fourth-order valence-electron chi connectivity index (χ4n) is 4.27. The first-order valence-corrected chi connectivity index (χ1v) is 12.0. The maximum atomic E-state index is 13.1. The van der Waals surface area contributed by atoms with Gasteiger partial charge in [0, 0.05) is 26.4 Å². The number of urea groups is 1. The molecule has 4 unspecified atom stereocenters. The number of rotatable bonds is 9. The van der Waals surface area contributed by atoms with Gasteiger partial charge >= 0.3 is 6.03 Å². The van der Waals surface area contributed by atoms with Crippen molar-refractivity contribution < 1.29 is 19.1 Å². The molecule has 2 aliphatic heterocycles. The van der Waals surface area contributed by atoms with E-state index in [0.29, 0.717) is 11.5 Å². The summed E-state index contributed by atoms with van der Waals surface area (Å²) in [4.78, 5) is 30.9. The van der Waals surface area contributed by atoms with Crippen molar-refractivity contribution in [1.82, 2.24) is 25.3 Å². The fraction of sp³-hybridized carbons (Fsp3) is 0.636. The van der Waals surface area contributed by atoms with Gasteiger partial charge in [-0.1, -0.05) is 19.9 Å². The fourth-order valence-corrected chi connectivity index (χ4v) is 5.59. The van der Waals surface area contributed by atoms with Crippen molar-refractivity contribution in [2.75, 3.05) is 53.7 Å². The summed E-state index contributed by atoms with van der Waals surface area (Å²) >= 11 is 1.73. The first-order valence-electron chi connectivity index (χ1n) is 11.0. The van der Waals surface area contributed by atoms with Gasteiger partial charge in [-0.2, -0.15) is 0 Å². The maximum Gasteiger partial charge on any atom is 0.327 e. The van der Waals surface area contributed by atoms with E-state index in [4.69, 9.17) is 9.47 Å². The molecule has 2 N–H and O–H groups in total. The number of hydrogen-bond donors (Lipinski definition) is 2. The molecule has 9 nitrogen and oxygen atoms in total. The van der Waals surface area contributed by atoms with Gasteiger partial charge in [0.15, 0.2) is 11.5 Å². The predicted molar refractivity (Wildman–Crippen MR) is 126 cm³/mol. The Balaban J connectivity index is 1.87. The van der Waals surface area contributed by atoms with E-state index in [1.54, 1.807) is 45.0 Å². The van der Waals surface area contributed by atoms with Crippen LogP contribution < -0.4 is 20.1 Å². The first-order chi connectivity index (χ1) is 15.4. The van der Waals surface area contributed by atoms with Crippen molar-refractivity contribution in [1.29, 1.82) is 0 Å². The van der Waals surface area contributed by atoms with Crippen LogP contribution in [0.25, 0.3) is 0 Å². The van der Waals surface area contributed by atoms with Crippen molar-refractivity contribution in [2.24, 2.45) is 5.92 Å². The summed E-state index contributed by atoms with van der Waals surface area (Å²) in [6.07, 6.45) is -0.662. The third kappa shape index (κ3) is 4.83. The topological polar surface area (TPSA) is 86.4 Å². The van der Waals surface area contributed by atoms with Crippen LogP contribution in [-0.4, -0.2) is 91.9 Å². The number of ether oxygens (including phenoxy) is 2. The third-order valence-corrected chi connectivity index (χ3v) is 7.50. The summed E-state index contributed by atoms with van der Waals surface area (Å²) in [6, 6.07) is 5.44. The van der Waals surface area contributed by atoms with Crippen LogP contribution in [0.15, 0.2) is 18.2 Å². The van der Waals surface area contributed by atoms with Crippen LogP contribution in [-0.2, 0) is 4.79 Å². The summed E-state index contributed by atoms with van der Waals surface area (Å²) in [5.41, 5.74) is 0.947. The molecule has 178 valence electrons. The van der Waals surface area contributed by atoms with Crippen molar-refractivity contribution in [3.63, 3.8) is 0 Å². The van der Waals surface area contributed by atoms with Gasteiger partial charge in [-0.3, -0.25) is 20.3 Å². The number of hydrogen-bond acceptors (Lipinski definition) is 8. The van der Waals surface area contributed by atoms with Crippen molar-refractivity contribution in [2.45, 2.75) is 31.6 Å². The molecule has 10 heteroatoms. The molecule has 32 heavy (non-hydrogen) atoms. The normalized spacial score (nSPS) is 25.8. The van der Waals surface area contributed by atoms with Crippen molar-refractivity contribution >= 4 is 23.7 Å². The molecule has 2 aliphatic rings. The molecule has 3 rings (SSSR count). The Kier molecular flexibility index (Phi) is 8.26. The van der Waals surface area contributed by atoms with Crippen LogP contribution in [0.4, 0.5) is 4.79 Å². The lowest BCUT2D eigenvalue weighted by molar-refractivity contribution is -0.140. The van der Waals surface area contributed by atoms with E-state index >= 15 is 0 Å². The molecule has 2 saturated heterocycles. The molecule has 0 radical (unpaired) electrons. The SMILES string of the molecule is CCN(CC)CCSC1NC(c2ccc(OC)c(OC)c2)NC2C1C(=O)N(C)C(=O)N2C. The summed E-state index contributed by atoms with van der Waals surface area (Å²) in [5.74, 6) is 1.61. The van der Waals surface area contributed by atoms with Gasteiger partial charge in [-0.25, -0.2) is 4.79 Å². The van der Waals surface area contributed by atoms with E-state index in [2.05, 4.69) is 29.4 Å². The Bertz CT molecular complexity index is 822. The molecule has 1 aromatic rings. The Hall–Kier alpha value is -2.01. The Morgan fingerprint density at radius 3 is 2.38 bits per heavy atom. The zero-order valence-electron chi connectivity index (χ0n) is 19.8. The monoisotopic (exact) mass is 465 g/mol. The minimum Gasteiger partial charge on any atom is -0.493 e. The number of benzene rings is 1. The van der Waals surface area contributed by atoms with Gasteiger partial charge in [0.2, 0.25) is 5.91 Å². The number of thioether (sulfide) groups is 1. The highest BCUT2D eigenvalue weighted by atomic mass is 32.2. The lowest BCUT2D eigenvalue weighted by Gasteiger charge is -2.50. The highest BCUT2D eigenvalue weighted by Gasteiger charge is 2.51. The molecule has 3 amide bonds. The molecule has 0 spiro atoms. The van der Waals surface area contributed by atoms with Gasteiger partial charge in [-0.05, 0) is 30.8 Å². The van der Waals surface area contributed by atoms with Crippen LogP contribution in [0, 0.1) is 5.92 Å². The number of amides is 3. The summed E-state index contributed by atoms with van der Waals surface area (Å²) in [6.45, 7) is 7.24. The number of nitrogens with one attached hydrogen (secondary N) is 2. The van der Waals surface area contributed by atoms with E-state index in [9.17, 15) is 9.59 Å². The standard InChI is InChI=1S/C22H35N5O4S/c1-7-27(8-2)11-12-32-20-17-19(25(3)22(29)26(4)21(17)28)23-18(24-20)14-9-10-15(30-5)16(13-14)31-6/h9-10,13,17-20,23-24H,7-8,11-12H2,1-6H3. The number of carbonyl (C=O) groups is 2. The lowest BCUT2D eigenvalue weighted by atomic mass is 9.96. The molecule has 0 saturated carbocycles. The Morgan fingerprint density at radius 2 is 1.75 bits per heavy atom. The van der Waals surface area contributed by atoms with E-state index in [-0.39, 0.29) is 29.4 Å². The minimum atomic E-state index is -0.406. The Morgan fingerprint density at radius 1 is 1.06 bits per heavy atom. The first kappa shape index (κ1) is 24.6. The minimum absolute atomic E-state index is 0.152. The molecule has 0 bridgehead atoms. The van der Waals surface area contributed by atoms with E-state index in [1.165, 1.54) is 4.90 Å². The van der Waals surface area contributed by atoms with Gasteiger partial charge < -0.3 is 19.3 Å². The molecule has 2 fully saturated rings. The van der Waals surface area contributed by atoms with Gasteiger partial charge in [0.1, 0.15) is 0 Å². The highest BCUT2D eigenvalue weighted by Crippen LogP contribution is 2.36. The Labute approximate surface area is 194 Å². The van der Waals surface area contributed by atoms with Crippen LogP contribution >= 0.6 is 11.8 Å². The second-order valence-corrected chi connectivity index (χ2v) is 9.21. The zero-order chi connectivity index (χ0) is 23.4. The van der Waals surface area contributed by atoms with Gasteiger partial charge in [0.05, 0.1) is 37.8 Å². The summed E-state index contributed by atoms with van der Waals surface area (Å²) in [5, 5.41) is 6.92. The number of methoxy groups -OCH3 is 2.